The first-order chi connectivity index (χ1) is 6.75. The lowest BCUT2D eigenvalue weighted by atomic mass is 10.2. The Morgan fingerprint density at radius 1 is 1.50 bits per heavy atom. The number of carbonyl (C=O) groups excluding carboxylic acids is 1. The fraction of sp³-hybridized carbons (Fsp3) is 0. The third-order valence-electron chi connectivity index (χ3n) is 1.73. The fourth-order valence-corrected chi connectivity index (χ4v) is 1.12. The molecule has 0 bridgehead atoms. The molecule has 70 valence electrons. The van der Waals surface area contributed by atoms with E-state index in [-0.39, 0.29) is 0 Å². The molecule has 0 aliphatic rings. The maximum atomic E-state index is 10.5. The van der Waals surface area contributed by atoms with Crippen molar-refractivity contribution in [3.8, 4) is 0 Å². The van der Waals surface area contributed by atoms with Crippen molar-refractivity contribution < 1.29 is 4.79 Å². The van der Waals surface area contributed by atoms with Gasteiger partial charge in [-0.15, -0.1) is 0 Å². The van der Waals surface area contributed by atoms with Gasteiger partial charge in [0.2, 0.25) is 5.91 Å². The molecule has 14 heavy (non-hydrogen) atoms. The zero-order chi connectivity index (χ0) is 9.97. The molecule has 0 spiro atoms. The van der Waals surface area contributed by atoms with Crippen molar-refractivity contribution in [2.45, 2.75) is 0 Å². The minimum absolute atomic E-state index is 0.477. The lowest BCUT2D eigenvalue weighted by Crippen LogP contribution is -2.05. The number of nitrogens with two attached hydrogens (primary N) is 1. The van der Waals surface area contributed by atoms with Crippen LogP contribution < -0.4 is 5.73 Å². The minimum atomic E-state index is -0.477. The molecule has 0 aliphatic carbocycles. The van der Waals surface area contributed by atoms with Crippen LogP contribution in [0.4, 0.5) is 0 Å². The summed E-state index contributed by atoms with van der Waals surface area (Å²) in [5.41, 5.74) is 7.26. The number of H-pyrrole nitrogens is 1. The molecule has 0 saturated carbocycles. The van der Waals surface area contributed by atoms with Gasteiger partial charge in [-0.25, -0.2) is 9.97 Å². The number of carbonyl (C=O) groups is 1. The largest absolute Gasteiger partial charge is 0.366 e. The molecule has 2 heterocycles. The standard InChI is InChI=1S/C9H8N4O/c10-8(14)2-1-6-3-7-9(11-4-6)13-5-12-7/h1-5H,(H2,10,14)(H,11,12,13). The van der Waals surface area contributed by atoms with Crippen LogP contribution in [0, 0.1) is 0 Å². The Bertz CT molecular complexity index is 500. The van der Waals surface area contributed by atoms with E-state index in [0.29, 0.717) is 5.65 Å². The van der Waals surface area contributed by atoms with E-state index in [4.69, 9.17) is 5.73 Å². The zero-order valence-corrected chi connectivity index (χ0v) is 7.27. The van der Waals surface area contributed by atoms with Crippen LogP contribution in [0.25, 0.3) is 17.2 Å². The Balaban J connectivity index is 2.39. The van der Waals surface area contributed by atoms with Crippen molar-refractivity contribution in [3.63, 3.8) is 0 Å². The molecule has 0 aromatic carbocycles. The molecule has 5 nitrogen and oxygen atoms in total. The number of amides is 1. The van der Waals surface area contributed by atoms with Gasteiger partial charge in [0.05, 0.1) is 11.8 Å². The molecule has 0 aliphatic heterocycles. The lowest BCUT2D eigenvalue weighted by molar-refractivity contribution is -0.113. The predicted octanol–water partition coefficient (Wildman–Crippen LogP) is 0.456. The molecule has 0 radical (unpaired) electrons. The Morgan fingerprint density at radius 2 is 2.36 bits per heavy atom. The first kappa shape index (κ1) is 8.43. The second-order valence-corrected chi connectivity index (χ2v) is 2.78. The van der Waals surface area contributed by atoms with Gasteiger partial charge in [0.15, 0.2) is 5.65 Å². The number of rotatable bonds is 2. The van der Waals surface area contributed by atoms with Crippen molar-refractivity contribution in [1.82, 2.24) is 15.0 Å². The van der Waals surface area contributed by atoms with Gasteiger partial charge in [-0.05, 0) is 17.7 Å². The number of nitrogens with one attached hydrogen (secondary N) is 1. The second kappa shape index (κ2) is 3.29. The molecule has 2 aromatic rings. The summed E-state index contributed by atoms with van der Waals surface area (Å²) in [6.45, 7) is 0. The summed E-state index contributed by atoms with van der Waals surface area (Å²) >= 11 is 0. The van der Waals surface area contributed by atoms with Crippen molar-refractivity contribution >= 4 is 23.1 Å². The predicted molar refractivity (Wildman–Crippen MR) is 52.1 cm³/mol. The highest BCUT2D eigenvalue weighted by atomic mass is 16.1. The molecule has 0 atom stereocenters. The highest BCUT2D eigenvalue weighted by molar-refractivity contribution is 5.90. The monoisotopic (exact) mass is 188 g/mol. The Hall–Kier alpha value is -2.17. The molecule has 2 aromatic heterocycles. The van der Waals surface area contributed by atoms with E-state index in [1.54, 1.807) is 18.6 Å². The summed E-state index contributed by atoms with van der Waals surface area (Å²) in [5, 5.41) is 0. The van der Waals surface area contributed by atoms with Crippen LogP contribution in [0.1, 0.15) is 5.56 Å². The average Bonchev–Trinajstić information content (AvgIpc) is 2.61. The van der Waals surface area contributed by atoms with Gasteiger partial charge in [0.25, 0.3) is 0 Å². The number of nitrogens with zero attached hydrogens (tertiary/aromatic N) is 2. The van der Waals surface area contributed by atoms with Crippen LogP contribution in [0.15, 0.2) is 24.7 Å². The fourth-order valence-electron chi connectivity index (χ4n) is 1.12. The van der Waals surface area contributed by atoms with Crippen LogP contribution in [0.2, 0.25) is 0 Å². The number of hydrogen-bond donors (Lipinski definition) is 2. The maximum absolute atomic E-state index is 10.5. The number of primary amides is 1. The quantitative estimate of drug-likeness (QED) is 0.671. The summed E-state index contributed by atoms with van der Waals surface area (Å²) in [6, 6.07) is 1.84. The van der Waals surface area contributed by atoms with E-state index in [1.165, 1.54) is 6.08 Å². The van der Waals surface area contributed by atoms with E-state index in [1.807, 2.05) is 6.07 Å². The third-order valence-corrected chi connectivity index (χ3v) is 1.73. The molecule has 0 saturated heterocycles. The number of fused-ring (bicyclic) bond motifs is 1. The van der Waals surface area contributed by atoms with Crippen molar-refractivity contribution in [3.05, 3.63) is 30.2 Å². The second-order valence-electron chi connectivity index (χ2n) is 2.78. The van der Waals surface area contributed by atoms with Crippen LogP contribution in [-0.2, 0) is 4.79 Å². The van der Waals surface area contributed by atoms with Gasteiger partial charge in [-0.1, -0.05) is 0 Å². The van der Waals surface area contributed by atoms with Crippen LogP contribution in [0.3, 0.4) is 0 Å². The molecule has 0 fully saturated rings. The summed E-state index contributed by atoms with van der Waals surface area (Å²) in [6.07, 6.45) is 6.09. The molecule has 3 N–H and O–H groups in total. The topological polar surface area (TPSA) is 84.7 Å². The van der Waals surface area contributed by atoms with E-state index >= 15 is 0 Å². The first-order valence-corrected chi connectivity index (χ1v) is 4.02. The highest BCUT2D eigenvalue weighted by Crippen LogP contribution is 2.09. The van der Waals surface area contributed by atoms with Gasteiger partial charge < -0.3 is 10.7 Å². The first-order valence-electron chi connectivity index (χ1n) is 4.02. The number of aromatic amines is 1. The van der Waals surface area contributed by atoms with Crippen molar-refractivity contribution in [2.24, 2.45) is 5.73 Å². The van der Waals surface area contributed by atoms with Gasteiger partial charge in [-0.2, -0.15) is 0 Å². The van der Waals surface area contributed by atoms with Gasteiger partial charge in [0, 0.05) is 12.3 Å². The van der Waals surface area contributed by atoms with Gasteiger partial charge in [-0.3, -0.25) is 4.79 Å². The van der Waals surface area contributed by atoms with E-state index < -0.39 is 5.91 Å². The molecule has 2 rings (SSSR count). The molecular weight excluding hydrogens is 180 g/mol. The summed E-state index contributed by atoms with van der Waals surface area (Å²) in [5.74, 6) is -0.477. The highest BCUT2D eigenvalue weighted by Gasteiger charge is 1.96. The average molecular weight is 188 g/mol. The van der Waals surface area contributed by atoms with Gasteiger partial charge >= 0.3 is 0 Å². The number of imidazole rings is 1. The third kappa shape index (κ3) is 1.61. The van der Waals surface area contributed by atoms with E-state index in [0.717, 1.165) is 11.1 Å². The number of pyridine rings is 1. The molecule has 5 heteroatoms. The van der Waals surface area contributed by atoms with Crippen LogP contribution in [-0.4, -0.2) is 20.9 Å². The Morgan fingerprint density at radius 3 is 3.14 bits per heavy atom. The summed E-state index contributed by atoms with van der Waals surface area (Å²) in [7, 11) is 0. The van der Waals surface area contributed by atoms with Crippen LogP contribution >= 0.6 is 0 Å². The minimum Gasteiger partial charge on any atom is -0.366 e. The lowest BCUT2D eigenvalue weighted by Gasteiger charge is -1.91. The SMILES string of the molecule is NC(=O)C=Cc1cnc2nc[nH]c2c1. The normalized spacial score (nSPS) is 11.1. The summed E-state index contributed by atoms with van der Waals surface area (Å²) in [4.78, 5) is 21.5. The zero-order valence-electron chi connectivity index (χ0n) is 7.27. The van der Waals surface area contributed by atoms with Gasteiger partial charge in [0.1, 0.15) is 0 Å². The van der Waals surface area contributed by atoms with Crippen molar-refractivity contribution in [1.29, 1.82) is 0 Å². The summed E-state index contributed by atoms with van der Waals surface area (Å²) < 4.78 is 0. The number of hydrogen-bond acceptors (Lipinski definition) is 3. The maximum Gasteiger partial charge on any atom is 0.241 e. The molecule has 0 unspecified atom stereocenters. The Labute approximate surface area is 79.7 Å². The molecule has 1 amide bonds. The number of aromatic nitrogens is 3. The van der Waals surface area contributed by atoms with E-state index in [2.05, 4.69) is 15.0 Å². The van der Waals surface area contributed by atoms with Crippen molar-refractivity contribution in [2.75, 3.05) is 0 Å². The molecular formula is C9H8N4O. The van der Waals surface area contributed by atoms with E-state index in [9.17, 15) is 4.79 Å². The smallest absolute Gasteiger partial charge is 0.241 e. The van der Waals surface area contributed by atoms with Crippen LogP contribution in [0.5, 0.6) is 0 Å². The Kier molecular flexibility index (Phi) is 1.98.